The average molecular weight is 229 g/mol. The molecule has 1 N–H and O–H groups in total. The van der Waals surface area contributed by atoms with Crippen LogP contribution >= 0.6 is 11.3 Å². The van der Waals surface area contributed by atoms with Crippen molar-refractivity contribution in [3.05, 3.63) is 48.7 Å². The molecule has 0 aliphatic heterocycles. The summed E-state index contributed by atoms with van der Waals surface area (Å²) in [6, 6.07) is 13.6. The molecule has 0 amide bonds. The summed E-state index contributed by atoms with van der Waals surface area (Å²) in [5, 5.41) is 14.2. The van der Waals surface area contributed by atoms with Crippen LogP contribution in [0, 0.1) is 0 Å². The molecule has 78 valence electrons. The van der Waals surface area contributed by atoms with Crippen LogP contribution in [0.3, 0.4) is 0 Å². The summed E-state index contributed by atoms with van der Waals surface area (Å²) in [7, 11) is 0. The summed E-state index contributed by atoms with van der Waals surface area (Å²) >= 11 is 1.53. The van der Waals surface area contributed by atoms with Gasteiger partial charge in [-0.15, -0.1) is 0 Å². The largest absolute Gasteiger partial charge is 0.457 e. The monoisotopic (exact) mass is 229 g/mol. The van der Waals surface area contributed by atoms with Crippen molar-refractivity contribution < 1.29 is 9.62 Å². The molecular weight excluding hydrogens is 220 g/mol. The Kier molecular flexibility index (Phi) is 2.08. The molecule has 16 heavy (non-hydrogen) atoms. The van der Waals surface area contributed by atoms with E-state index in [1.165, 1.54) is 11.3 Å². The number of hydrogen-bond donors (Lipinski definition) is 1. The number of aromatic nitrogens is 2. The van der Waals surface area contributed by atoms with Gasteiger partial charge in [0.25, 0.3) is 4.83 Å². The minimum absolute atomic E-state index is 0.201. The molecule has 3 aromatic rings. The quantitative estimate of drug-likeness (QED) is 0.650. The van der Waals surface area contributed by atoms with Gasteiger partial charge in [-0.3, -0.25) is 0 Å². The first-order valence-electron chi connectivity index (χ1n) is 4.90. The van der Waals surface area contributed by atoms with E-state index < -0.39 is 0 Å². The molecule has 0 saturated carbocycles. The standard InChI is InChI=1S/C12H8N2OS/c15-12-11(9-5-2-1-3-6-9)16-10-7-4-8-13-14(10)12/h1-8H/p+1. The van der Waals surface area contributed by atoms with Crippen molar-refractivity contribution in [1.29, 1.82) is 0 Å². The third-order valence-electron chi connectivity index (χ3n) is 2.36. The Morgan fingerprint density at radius 3 is 2.62 bits per heavy atom. The predicted molar refractivity (Wildman–Crippen MR) is 62.4 cm³/mol. The van der Waals surface area contributed by atoms with Crippen molar-refractivity contribution >= 4 is 16.2 Å². The zero-order valence-corrected chi connectivity index (χ0v) is 9.19. The maximum absolute atomic E-state index is 10.1. The van der Waals surface area contributed by atoms with Gasteiger partial charge in [-0.2, -0.15) is 0 Å². The first kappa shape index (κ1) is 9.30. The van der Waals surface area contributed by atoms with Gasteiger partial charge >= 0.3 is 5.88 Å². The highest BCUT2D eigenvalue weighted by Gasteiger charge is 2.22. The van der Waals surface area contributed by atoms with Gasteiger partial charge in [0.1, 0.15) is 0 Å². The van der Waals surface area contributed by atoms with Crippen LogP contribution < -0.4 is 4.52 Å². The number of aromatic hydroxyl groups is 1. The van der Waals surface area contributed by atoms with Crippen LogP contribution in [-0.2, 0) is 0 Å². The van der Waals surface area contributed by atoms with E-state index in [4.69, 9.17) is 0 Å². The van der Waals surface area contributed by atoms with Gasteiger partial charge in [-0.05, 0) is 6.07 Å². The molecule has 0 aliphatic rings. The Morgan fingerprint density at radius 2 is 1.88 bits per heavy atom. The zero-order valence-electron chi connectivity index (χ0n) is 8.37. The van der Waals surface area contributed by atoms with Crippen molar-refractivity contribution in [3.8, 4) is 16.3 Å². The molecular formula is C12H9N2OS+. The molecule has 3 rings (SSSR count). The number of thiazole rings is 1. The highest BCUT2D eigenvalue weighted by Crippen LogP contribution is 2.32. The molecule has 0 aliphatic carbocycles. The molecule has 0 fully saturated rings. The summed E-state index contributed by atoms with van der Waals surface area (Å²) in [6.07, 6.45) is 1.66. The number of fused-ring (bicyclic) bond motifs is 1. The van der Waals surface area contributed by atoms with Gasteiger partial charge < -0.3 is 5.11 Å². The highest BCUT2D eigenvalue weighted by atomic mass is 32.1. The predicted octanol–water partition coefficient (Wildman–Crippen LogP) is 2.25. The molecule has 0 spiro atoms. The third kappa shape index (κ3) is 1.35. The maximum Gasteiger partial charge on any atom is 0.416 e. The third-order valence-corrected chi connectivity index (χ3v) is 3.50. The van der Waals surface area contributed by atoms with E-state index in [2.05, 4.69) is 5.10 Å². The Labute approximate surface area is 96.2 Å². The molecule has 1 aromatic carbocycles. The zero-order chi connectivity index (χ0) is 11.0. The van der Waals surface area contributed by atoms with Crippen LogP contribution in [0.15, 0.2) is 48.7 Å². The molecule has 2 heterocycles. The summed E-state index contributed by atoms with van der Waals surface area (Å²) in [6.45, 7) is 0. The first-order chi connectivity index (χ1) is 7.86. The second kappa shape index (κ2) is 3.57. The fourth-order valence-corrected chi connectivity index (χ4v) is 2.63. The number of benzene rings is 1. The van der Waals surface area contributed by atoms with E-state index in [0.717, 1.165) is 15.3 Å². The SMILES string of the molecule is Oc1c(-c2ccccc2)sc2cccn[n+]12. The fraction of sp³-hybridized carbons (Fsp3) is 0. The van der Waals surface area contributed by atoms with Crippen LogP contribution in [0.4, 0.5) is 0 Å². The number of nitrogens with zero attached hydrogens (tertiary/aromatic N) is 2. The molecule has 0 radical (unpaired) electrons. The summed E-state index contributed by atoms with van der Waals surface area (Å²) < 4.78 is 1.55. The minimum Gasteiger partial charge on any atom is -0.457 e. The second-order valence-electron chi connectivity index (χ2n) is 3.39. The van der Waals surface area contributed by atoms with Crippen molar-refractivity contribution in [2.45, 2.75) is 0 Å². The van der Waals surface area contributed by atoms with Crippen LogP contribution in [0.5, 0.6) is 5.88 Å². The van der Waals surface area contributed by atoms with Crippen molar-refractivity contribution in [1.82, 2.24) is 5.10 Å². The second-order valence-corrected chi connectivity index (χ2v) is 4.43. The van der Waals surface area contributed by atoms with Crippen molar-refractivity contribution in [3.63, 3.8) is 0 Å². The van der Waals surface area contributed by atoms with Gasteiger partial charge in [0.15, 0.2) is 4.88 Å². The molecule has 2 aromatic heterocycles. The molecule has 0 unspecified atom stereocenters. The molecule has 0 bridgehead atoms. The van der Waals surface area contributed by atoms with Gasteiger partial charge in [-0.1, -0.05) is 41.7 Å². The minimum atomic E-state index is 0.201. The topological polar surface area (TPSA) is 37.2 Å². The Bertz CT molecular complexity index is 634. The molecule has 3 nitrogen and oxygen atoms in total. The summed E-state index contributed by atoms with van der Waals surface area (Å²) in [4.78, 5) is 1.78. The van der Waals surface area contributed by atoms with Gasteiger partial charge in [0.05, 0.1) is 6.20 Å². The van der Waals surface area contributed by atoms with E-state index in [0.29, 0.717) is 0 Å². The Balaban J connectivity index is 2.29. The Hall–Kier alpha value is -1.94. The van der Waals surface area contributed by atoms with Crippen molar-refractivity contribution in [2.75, 3.05) is 0 Å². The summed E-state index contributed by atoms with van der Waals surface area (Å²) in [5.74, 6) is 0.201. The van der Waals surface area contributed by atoms with E-state index in [1.807, 2.05) is 42.5 Å². The summed E-state index contributed by atoms with van der Waals surface area (Å²) in [5.41, 5.74) is 1.01. The van der Waals surface area contributed by atoms with E-state index in [-0.39, 0.29) is 5.88 Å². The van der Waals surface area contributed by atoms with Crippen molar-refractivity contribution in [2.24, 2.45) is 0 Å². The first-order valence-corrected chi connectivity index (χ1v) is 5.72. The van der Waals surface area contributed by atoms with Gasteiger partial charge in [-0.25, -0.2) is 0 Å². The smallest absolute Gasteiger partial charge is 0.416 e. The van der Waals surface area contributed by atoms with E-state index in [1.54, 1.807) is 10.7 Å². The lowest BCUT2D eigenvalue weighted by Crippen LogP contribution is -2.22. The number of hydrogen-bond acceptors (Lipinski definition) is 3. The molecule has 4 heteroatoms. The van der Waals surface area contributed by atoms with E-state index in [9.17, 15) is 5.11 Å². The van der Waals surface area contributed by atoms with Crippen LogP contribution in [0.25, 0.3) is 15.3 Å². The normalized spacial score (nSPS) is 10.8. The van der Waals surface area contributed by atoms with Crippen LogP contribution in [-0.4, -0.2) is 10.2 Å². The van der Waals surface area contributed by atoms with Crippen LogP contribution in [0.1, 0.15) is 0 Å². The molecule has 0 saturated heterocycles. The lowest BCUT2D eigenvalue weighted by molar-refractivity contribution is -0.584. The van der Waals surface area contributed by atoms with Gasteiger partial charge in [0, 0.05) is 21.2 Å². The lowest BCUT2D eigenvalue weighted by Gasteiger charge is -1.91. The van der Waals surface area contributed by atoms with Gasteiger partial charge in [0.2, 0.25) is 0 Å². The Morgan fingerprint density at radius 1 is 1.06 bits per heavy atom. The lowest BCUT2D eigenvalue weighted by atomic mass is 10.2. The number of rotatable bonds is 1. The van der Waals surface area contributed by atoms with Crippen LogP contribution in [0.2, 0.25) is 0 Å². The molecule has 0 atom stereocenters. The fourth-order valence-electron chi connectivity index (χ4n) is 1.62. The average Bonchev–Trinajstić information content (AvgIpc) is 2.69. The highest BCUT2D eigenvalue weighted by molar-refractivity contribution is 7.20. The van der Waals surface area contributed by atoms with E-state index >= 15 is 0 Å². The maximum atomic E-state index is 10.1.